The lowest BCUT2D eigenvalue weighted by molar-refractivity contribution is 0.489. The largest absolute Gasteiger partial charge is 0.369 e. The number of hydrogen-bond acceptors (Lipinski definition) is 4. The standard InChI is InChI=1S/C6H13N3O2S/c1-6(2)4-12(10,11)9(3)5(7)8-6/h4H2,1-3H3,(H2,7,8). The molecule has 0 radical (unpaired) electrons. The van der Waals surface area contributed by atoms with Crippen LogP contribution in [-0.2, 0) is 10.0 Å². The van der Waals surface area contributed by atoms with Gasteiger partial charge in [-0.25, -0.2) is 17.7 Å². The van der Waals surface area contributed by atoms with Gasteiger partial charge in [-0.15, -0.1) is 0 Å². The maximum absolute atomic E-state index is 11.4. The van der Waals surface area contributed by atoms with Crippen molar-refractivity contribution in [1.29, 1.82) is 0 Å². The van der Waals surface area contributed by atoms with Crippen LogP contribution in [0.5, 0.6) is 0 Å². The Morgan fingerprint density at radius 3 is 2.50 bits per heavy atom. The van der Waals surface area contributed by atoms with E-state index < -0.39 is 15.6 Å². The number of guanidine groups is 1. The van der Waals surface area contributed by atoms with Crippen LogP contribution in [0.2, 0.25) is 0 Å². The minimum absolute atomic E-state index is 0.0111. The third-order valence-electron chi connectivity index (χ3n) is 1.69. The Balaban J connectivity index is 3.18. The monoisotopic (exact) mass is 191 g/mol. The summed E-state index contributed by atoms with van der Waals surface area (Å²) in [6.45, 7) is 3.48. The molecular weight excluding hydrogens is 178 g/mol. The van der Waals surface area contributed by atoms with Gasteiger partial charge in [0.05, 0.1) is 11.3 Å². The molecule has 1 heterocycles. The van der Waals surface area contributed by atoms with E-state index in [1.807, 2.05) is 0 Å². The SMILES string of the molecule is CN1C(N)=NC(C)(C)CS1(=O)=O. The predicted molar refractivity (Wildman–Crippen MR) is 47.3 cm³/mol. The summed E-state index contributed by atoms with van der Waals surface area (Å²) >= 11 is 0. The highest BCUT2D eigenvalue weighted by Gasteiger charge is 2.35. The van der Waals surface area contributed by atoms with Crippen LogP contribution in [0.1, 0.15) is 13.8 Å². The average molecular weight is 191 g/mol. The van der Waals surface area contributed by atoms with E-state index >= 15 is 0 Å². The van der Waals surface area contributed by atoms with Gasteiger partial charge in [0.2, 0.25) is 16.0 Å². The van der Waals surface area contributed by atoms with Gasteiger partial charge in [-0.2, -0.15) is 0 Å². The lowest BCUT2D eigenvalue weighted by atomic mass is 10.1. The van der Waals surface area contributed by atoms with Crippen LogP contribution in [0.25, 0.3) is 0 Å². The predicted octanol–water partition coefficient (Wildman–Crippen LogP) is -0.645. The van der Waals surface area contributed by atoms with E-state index in [0.717, 1.165) is 4.31 Å². The summed E-state index contributed by atoms with van der Waals surface area (Å²) < 4.78 is 23.8. The second kappa shape index (κ2) is 2.35. The van der Waals surface area contributed by atoms with Crippen molar-refractivity contribution < 1.29 is 8.42 Å². The summed E-state index contributed by atoms with van der Waals surface area (Å²) in [5.41, 5.74) is 4.82. The smallest absolute Gasteiger partial charge is 0.239 e. The van der Waals surface area contributed by atoms with Crippen LogP contribution >= 0.6 is 0 Å². The number of rotatable bonds is 0. The quantitative estimate of drug-likeness (QED) is 0.553. The highest BCUT2D eigenvalue weighted by molar-refractivity contribution is 7.89. The Hall–Kier alpha value is -0.780. The molecule has 1 rings (SSSR count). The summed E-state index contributed by atoms with van der Waals surface area (Å²) in [7, 11) is -1.83. The van der Waals surface area contributed by atoms with Gasteiger partial charge >= 0.3 is 0 Å². The molecule has 6 heteroatoms. The summed E-state index contributed by atoms with van der Waals surface area (Å²) in [4.78, 5) is 4.03. The maximum atomic E-state index is 11.4. The third kappa shape index (κ3) is 1.52. The molecule has 12 heavy (non-hydrogen) atoms. The van der Waals surface area contributed by atoms with E-state index in [9.17, 15) is 8.42 Å². The van der Waals surface area contributed by atoms with Gasteiger partial charge in [0.1, 0.15) is 0 Å². The minimum Gasteiger partial charge on any atom is -0.369 e. The fourth-order valence-electron chi connectivity index (χ4n) is 1.10. The van der Waals surface area contributed by atoms with E-state index in [-0.39, 0.29) is 11.7 Å². The first-order chi connectivity index (χ1) is 5.25. The molecule has 0 aromatic heterocycles. The van der Waals surface area contributed by atoms with Crippen molar-refractivity contribution in [2.45, 2.75) is 19.4 Å². The van der Waals surface area contributed by atoms with Crippen LogP contribution in [-0.4, -0.2) is 37.0 Å². The Kier molecular flexibility index (Phi) is 1.82. The first-order valence-corrected chi connectivity index (χ1v) is 5.17. The molecule has 0 aromatic rings. The Morgan fingerprint density at radius 1 is 1.58 bits per heavy atom. The summed E-state index contributed by atoms with van der Waals surface area (Å²) in [6, 6.07) is 0. The van der Waals surface area contributed by atoms with Crippen molar-refractivity contribution in [2.75, 3.05) is 12.8 Å². The molecule has 1 aliphatic heterocycles. The number of nitrogens with two attached hydrogens (primary N) is 1. The van der Waals surface area contributed by atoms with Crippen LogP contribution in [0, 0.1) is 0 Å². The van der Waals surface area contributed by atoms with E-state index in [4.69, 9.17) is 5.73 Å². The van der Waals surface area contributed by atoms with Gasteiger partial charge in [-0.3, -0.25) is 0 Å². The molecule has 2 N–H and O–H groups in total. The topological polar surface area (TPSA) is 75.8 Å². The van der Waals surface area contributed by atoms with Crippen molar-refractivity contribution in [1.82, 2.24) is 4.31 Å². The molecule has 0 fully saturated rings. The summed E-state index contributed by atoms with van der Waals surface area (Å²) in [5, 5.41) is 0. The van der Waals surface area contributed by atoms with Crippen LogP contribution in [0.4, 0.5) is 0 Å². The molecule has 0 aliphatic carbocycles. The molecule has 0 aromatic carbocycles. The van der Waals surface area contributed by atoms with Crippen LogP contribution in [0.15, 0.2) is 4.99 Å². The minimum atomic E-state index is -3.24. The fraction of sp³-hybridized carbons (Fsp3) is 0.833. The van der Waals surface area contributed by atoms with Gasteiger partial charge in [0.25, 0.3) is 0 Å². The van der Waals surface area contributed by atoms with E-state index in [2.05, 4.69) is 4.99 Å². The molecular formula is C6H13N3O2S. The van der Waals surface area contributed by atoms with Crippen molar-refractivity contribution in [3.8, 4) is 0 Å². The molecule has 70 valence electrons. The number of aliphatic imine (C=N–C) groups is 1. The maximum Gasteiger partial charge on any atom is 0.239 e. The molecule has 0 amide bonds. The van der Waals surface area contributed by atoms with E-state index in [1.165, 1.54) is 7.05 Å². The third-order valence-corrected chi connectivity index (χ3v) is 3.79. The zero-order valence-electron chi connectivity index (χ0n) is 7.40. The first kappa shape index (κ1) is 9.31. The molecule has 0 bridgehead atoms. The molecule has 0 spiro atoms. The molecule has 5 nitrogen and oxygen atoms in total. The van der Waals surface area contributed by atoms with Crippen LogP contribution < -0.4 is 5.73 Å². The van der Waals surface area contributed by atoms with Crippen molar-refractivity contribution in [2.24, 2.45) is 10.7 Å². The highest BCUT2D eigenvalue weighted by atomic mass is 32.2. The van der Waals surface area contributed by atoms with E-state index in [1.54, 1.807) is 13.8 Å². The first-order valence-electron chi connectivity index (χ1n) is 3.56. The molecule has 0 unspecified atom stereocenters. The van der Waals surface area contributed by atoms with Crippen LogP contribution in [0.3, 0.4) is 0 Å². The zero-order chi connectivity index (χ0) is 9.57. The van der Waals surface area contributed by atoms with Gasteiger partial charge in [0.15, 0.2) is 0 Å². The Bertz CT molecular complexity index is 318. The van der Waals surface area contributed by atoms with Gasteiger partial charge in [-0.1, -0.05) is 0 Å². The number of hydrogen-bond donors (Lipinski definition) is 1. The number of nitrogens with zero attached hydrogens (tertiary/aromatic N) is 2. The summed E-state index contributed by atoms with van der Waals surface area (Å²) in [5.74, 6) is 0.0725. The highest BCUT2D eigenvalue weighted by Crippen LogP contribution is 2.19. The molecule has 1 aliphatic rings. The fourth-order valence-corrected chi connectivity index (χ4v) is 2.58. The van der Waals surface area contributed by atoms with Crippen molar-refractivity contribution in [3.05, 3.63) is 0 Å². The molecule has 0 saturated carbocycles. The zero-order valence-corrected chi connectivity index (χ0v) is 8.22. The summed E-state index contributed by atoms with van der Waals surface area (Å²) in [6.07, 6.45) is 0. The van der Waals surface area contributed by atoms with E-state index in [0.29, 0.717) is 0 Å². The van der Waals surface area contributed by atoms with Crippen molar-refractivity contribution >= 4 is 16.0 Å². The van der Waals surface area contributed by atoms with Gasteiger partial charge in [-0.05, 0) is 13.8 Å². The lowest BCUT2D eigenvalue weighted by Gasteiger charge is -2.31. The Morgan fingerprint density at radius 2 is 2.08 bits per heavy atom. The average Bonchev–Trinajstić information content (AvgIpc) is 1.79. The van der Waals surface area contributed by atoms with Crippen molar-refractivity contribution in [3.63, 3.8) is 0 Å². The lowest BCUT2D eigenvalue weighted by Crippen LogP contribution is -2.50. The Labute approximate surface area is 72.3 Å². The van der Waals surface area contributed by atoms with Gasteiger partial charge < -0.3 is 5.73 Å². The van der Waals surface area contributed by atoms with Gasteiger partial charge in [0, 0.05) is 7.05 Å². The second-order valence-electron chi connectivity index (χ2n) is 3.51. The normalized spacial score (nSPS) is 26.6. The number of sulfonamides is 1. The molecule has 0 saturated heterocycles. The second-order valence-corrected chi connectivity index (χ2v) is 5.51. The molecule has 0 atom stereocenters.